The van der Waals surface area contributed by atoms with Gasteiger partial charge in [0.2, 0.25) is 0 Å². The fourth-order valence-corrected chi connectivity index (χ4v) is 5.20. The first-order valence-corrected chi connectivity index (χ1v) is 11.6. The quantitative estimate of drug-likeness (QED) is 0.419. The highest BCUT2D eigenvalue weighted by atomic mass is 19.1. The summed E-state index contributed by atoms with van der Waals surface area (Å²) in [7, 11) is 4.08. The van der Waals surface area contributed by atoms with Gasteiger partial charge in [0.15, 0.2) is 0 Å². The molecule has 2 aliphatic rings. The average molecular weight is 451 g/mol. The average Bonchev–Trinajstić information content (AvgIpc) is 3.51. The van der Waals surface area contributed by atoms with Crippen molar-refractivity contribution >= 4 is 5.71 Å². The molecule has 1 fully saturated rings. The van der Waals surface area contributed by atoms with E-state index in [1.54, 1.807) is 0 Å². The van der Waals surface area contributed by atoms with Crippen molar-refractivity contribution in [2.24, 2.45) is 10.4 Å². The number of nitrogens with one attached hydrogen (secondary N) is 1. The van der Waals surface area contributed by atoms with Crippen LogP contribution in [0.5, 0.6) is 0 Å². The van der Waals surface area contributed by atoms with E-state index in [1.807, 2.05) is 7.05 Å². The van der Waals surface area contributed by atoms with Crippen LogP contribution in [0.4, 0.5) is 13.2 Å². The van der Waals surface area contributed by atoms with E-state index in [0.717, 1.165) is 50.9 Å². The normalized spacial score (nSPS) is 26.8. The maximum Gasteiger partial charge on any atom is 0.133 e. The molecule has 0 radical (unpaired) electrons. The molecule has 7 heteroatoms. The van der Waals surface area contributed by atoms with Gasteiger partial charge in [0.05, 0.1) is 5.54 Å². The van der Waals surface area contributed by atoms with Crippen molar-refractivity contribution in [3.8, 4) is 0 Å². The molecule has 0 amide bonds. The van der Waals surface area contributed by atoms with Gasteiger partial charge in [-0.3, -0.25) is 4.99 Å². The summed E-state index contributed by atoms with van der Waals surface area (Å²) in [6.07, 6.45) is 7.27. The largest absolute Gasteiger partial charge is 0.341 e. The molecule has 2 heterocycles. The van der Waals surface area contributed by atoms with Crippen LogP contribution in [0.15, 0.2) is 29.0 Å². The van der Waals surface area contributed by atoms with Crippen molar-refractivity contribution in [3.05, 3.63) is 47.0 Å². The molecule has 0 spiro atoms. The van der Waals surface area contributed by atoms with Crippen LogP contribution >= 0.6 is 0 Å². The number of hydrogen-bond acceptors (Lipinski definition) is 4. The Labute approximate surface area is 190 Å². The van der Waals surface area contributed by atoms with Gasteiger partial charge in [0, 0.05) is 68.4 Å². The van der Waals surface area contributed by atoms with E-state index in [2.05, 4.69) is 54.1 Å². The highest BCUT2D eigenvalue weighted by molar-refractivity contribution is 5.84. The molecule has 0 saturated carbocycles. The molecule has 32 heavy (non-hydrogen) atoms. The van der Waals surface area contributed by atoms with Crippen LogP contribution in [-0.4, -0.2) is 54.8 Å². The maximum absolute atomic E-state index is 13.8. The molecule has 0 aliphatic carbocycles. The summed E-state index contributed by atoms with van der Waals surface area (Å²) in [6.45, 7) is 9.63. The van der Waals surface area contributed by atoms with E-state index >= 15 is 0 Å². The van der Waals surface area contributed by atoms with E-state index < -0.39 is 17.5 Å². The van der Waals surface area contributed by atoms with Crippen molar-refractivity contribution in [2.75, 3.05) is 33.7 Å². The van der Waals surface area contributed by atoms with Gasteiger partial charge >= 0.3 is 0 Å². The van der Waals surface area contributed by atoms with Crippen LogP contribution < -0.4 is 5.32 Å². The van der Waals surface area contributed by atoms with E-state index in [1.165, 1.54) is 17.8 Å². The van der Waals surface area contributed by atoms with E-state index in [9.17, 15) is 13.2 Å². The second kappa shape index (κ2) is 9.96. The Balaban J connectivity index is 1.62. The topological polar surface area (TPSA) is 30.6 Å². The smallest absolute Gasteiger partial charge is 0.133 e. The van der Waals surface area contributed by atoms with Gasteiger partial charge in [0.1, 0.15) is 17.5 Å². The van der Waals surface area contributed by atoms with Gasteiger partial charge in [-0.25, -0.2) is 13.2 Å². The molecular formula is C25H37F3N4. The van der Waals surface area contributed by atoms with Crippen LogP contribution in [0.1, 0.15) is 58.4 Å². The van der Waals surface area contributed by atoms with Crippen molar-refractivity contribution < 1.29 is 13.2 Å². The third kappa shape index (κ3) is 5.20. The molecule has 2 unspecified atom stereocenters. The second-order valence-electron chi connectivity index (χ2n) is 9.76. The Morgan fingerprint density at radius 1 is 1.19 bits per heavy atom. The highest BCUT2D eigenvalue weighted by Crippen LogP contribution is 2.51. The summed E-state index contributed by atoms with van der Waals surface area (Å²) < 4.78 is 40.8. The second-order valence-corrected chi connectivity index (χ2v) is 9.76. The minimum atomic E-state index is -0.897. The third-order valence-electron chi connectivity index (χ3n) is 7.48. The Bertz CT molecular complexity index is 861. The zero-order chi connectivity index (χ0) is 23.5. The van der Waals surface area contributed by atoms with Gasteiger partial charge in [-0.05, 0) is 51.6 Å². The van der Waals surface area contributed by atoms with E-state index in [-0.39, 0.29) is 23.1 Å². The molecule has 2 aliphatic heterocycles. The van der Waals surface area contributed by atoms with Crippen LogP contribution in [0.3, 0.4) is 0 Å². The van der Waals surface area contributed by atoms with Gasteiger partial charge in [-0.1, -0.05) is 13.8 Å². The minimum absolute atomic E-state index is 0.0375. The Morgan fingerprint density at radius 3 is 2.50 bits per heavy atom. The number of likely N-dealkylation sites (tertiary alicyclic amines) is 1. The lowest BCUT2D eigenvalue weighted by atomic mass is 9.65. The number of hydrogen-bond donors (Lipinski definition) is 1. The predicted octanol–water partition coefficient (Wildman–Crippen LogP) is 5.10. The van der Waals surface area contributed by atoms with Crippen molar-refractivity contribution in [2.45, 2.75) is 65.0 Å². The summed E-state index contributed by atoms with van der Waals surface area (Å²) in [5.41, 5.74) is 2.44. The lowest BCUT2D eigenvalue weighted by Gasteiger charge is -2.49. The predicted molar refractivity (Wildman–Crippen MR) is 124 cm³/mol. The molecular weight excluding hydrogens is 413 g/mol. The van der Waals surface area contributed by atoms with Gasteiger partial charge in [0.25, 0.3) is 0 Å². The SMILES string of the molecule is CCC(CC1(C)CCCN(C)CC1(C)N1C=C1CCNCc1c(F)cc(F)cc1F)=NC. The summed E-state index contributed by atoms with van der Waals surface area (Å²) in [6, 6.07) is 1.44. The first-order chi connectivity index (χ1) is 15.1. The summed E-state index contributed by atoms with van der Waals surface area (Å²) in [5.74, 6) is -2.60. The standard InChI is InChI=1S/C25H37F3N4/c1-6-19(29-4)14-24(2)9-7-11-31(5)17-25(24,3)32-16-20(32)8-10-30-15-21-22(27)12-18(26)13-23(21)28/h12-13,16,30H,6-11,14-15,17H2,1-5H3. The number of nitrogens with zero attached hydrogens (tertiary/aromatic N) is 3. The molecule has 178 valence electrons. The molecule has 4 nitrogen and oxygen atoms in total. The molecule has 1 aromatic carbocycles. The van der Waals surface area contributed by atoms with Crippen LogP contribution in [0, 0.1) is 22.9 Å². The van der Waals surface area contributed by atoms with E-state index in [4.69, 9.17) is 0 Å². The van der Waals surface area contributed by atoms with Crippen molar-refractivity contribution in [3.63, 3.8) is 0 Å². The maximum atomic E-state index is 13.8. The fourth-order valence-electron chi connectivity index (χ4n) is 5.20. The number of aliphatic imine (C=N–C) groups is 1. The Morgan fingerprint density at radius 2 is 1.88 bits per heavy atom. The third-order valence-corrected chi connectivity index (χ3v) is 7.48. The summed E-state index contributed by atoms with van der Waals surface area (Å²) in [5, 5.41) is 3.10. The minimum Gasteiger partial charge on any atom is -0.341 e. The van der Waals surface area contributed by atoms with E-state index in [0.29, 0.717) is 6.54 Å². The number of likely N-dealkylation sites (N-methyl/N-ethyl adjacent to an activating group) is 1. The molecule has 1 saturated heterocycles. The zero-order valence-corrected chi connectivity index (χ0v) is 20.1. The first-order valence-electron chi connectivity index (χ1n) is 11.6. The van der Waals surface area contributed by atoms with Crippen LogP contribution in [-0.2, 0) is 6.54 Å². The highest BCUT2D eigenvalue weighted by Gasteiger charge is 2.53. The van der Waals surface area contributed by atoms with Gasteiger partial charge in [-0.15, -0.1) is 0 Å². The molecule has 3 rings (SSSR count). The summed E-state index contributed by atoms with van der Waals surface area (Å²) in [4.78, 5) is 9.38. The molecule has 2 atom stereocenters. The first kappa shape index (κ1) is 24.8. The number of rotatable bonds is 9. The van der Waals surface area contributed by atoms with Crippen LogP contribution in [0.25, 0.3) is 0 Å². The lowest BCUT2D eigenvalue weighted by Crippen LogP contribution is -2.56. The van der Waals surface area contributed by atoms with Crippen molar-refractivity contribution in [1.29, 1.82) is 0 Å². The lowest BCUT2D eigenvalue weighted by molar-refractivity contribution is 0.0518. The van der Waals surface area contributed by atoms with Crippen molar-refractivity contribution in [1.82, 2.24) is 15.1 Å². The molecule has 0 bridgehead atoms. The molecule has 1 N–H and O–H groups in total. The molecule has 1 aromatic rings. The monoisotopic (exact) mass is 450 g/mol. The van der Waals surface area contributed by atoms with Gasteiger partial charge in [-0.2, -0.15) is 0 Å². The Hall–Kier alpha value is -1.86. The van der Waals surface area contributed by atoms with Gasteiger partial charge < -0.3 is 15.1 Å². The summed E-state index contributed by atoms with van der Waals surface area (Å²) >= 11 is 0. The zero-order valence-electron chi connectivity index (χ0n) is 20.1. The number of halogens is 3. The Kier molecular flexibility index (Phi) is 7.71. The molecule has 0 aromatic heterocycles. The fraction of sp³-hybridized carbons (Fsp3) is 0.640. The van der Waals surface area contributed by atoms with Crippen LogP contribution in [0.2, 0.25) is 0 Å². The number of benzene rings is 1.